The van der Waals surface area contributed by atoms with Crippen LogP contribution in [0.1, 0.15) is 39.0 Å². The minimum atomic E-state index is -0.0702. The van der Waals surface area contributed by atoms with Crippen LogP contribution in [-0.4, -0.2) is 48.1 Å². The van der Waals surface area contributed by atoms with Crippen molar-refractivity contribution in [3.63, 3.8) is 0 Å². The standard InChI is InChI=1S/C28H36N4O3S/c1-4-32-26(21-12-16-24(35-3)17-13-21)25(20-10-14-23(34-2)15-11-20)31-28(32)36-19-18-29-27(33)30-22-8-6-5-7-9-22/h10-17,22H,4-9,18-19H2,1-3H3,(H2,29,30,33). The van der Waals surface area contributed by atoms with Gasteiger partial charge in [-0.25, -0.2) is 9.78 Å². The molecular formula is C28H36N4O3S. The highest BCUT2D eigenvalue weighted by Crippen LogP contribution is 2.37. The van der Waals surface area contributed by atoms with Crippen molar-refractivity contribution in [2.75, 3.05) is 26.5 Å². The van der Waals surface area contributed by atoms with Crippen LogP contribution in [0.3, 0.4) is 0 Å². The normalized spacial score (nSPS) is 13.9. The van der Waals surface area contributed by atoms with Gasteiger partial charge in [0, 0.05) is 36.0 Å². The SMILES string of the molecule is CCn1c(SCCNC(=O)NC2CCCCC2)nc(-c2ccc(OC)cc2)c1-c1ccc(OC)cc1. The fourth-order valence-corrected chi connectivity index (χ4v) is 5.54. The van der Waals surface area contributed by atoms with E-state index in [-0.39, 0.29) is 6.03 Å². The van der Waals surface area contributed by atoms with Crippen LogP contribution in [-0.2, 0) is 6.54 Å². The zero-order valence-corrected chi connectivity index (χ0v) is 22.2. The highest BCUT2D eigenvalue weighted by Gasteiger charge is 2.20. The fraction of sp³-hybridized carbons (Fsp3) is 0.429. The fourth-order valence-electron chi connectivity index (χ4n) is 4.62. The first-order valence-corrected chi connectivity index (χ1v) is 13.7. The quantitative estimate of drug-likeness (QED) is 0.260. The summed E-state index contributed by atoms with van der Waals surface area (Å²) in [7, 11) is 3.34. The van der Waals surface area contributed by atoms with Gasteiger partial charge in [0.25, 0.3) is 0 Å². The summed E-state index contributed by atoms with van der Waals surface area (Å²) in [6.07, 6.45) is 5.84. The third-order valence-electron chi connectivity index (χ3n) is 6.53. The molecule has 1 aliphatic rings. The van der Waals surface area contributed by atoms with E-state index in [1.165, 1.54) is 19.3 Å². The van der Waals surface area contributed by atoms with E-state index < -0.39 is 0 Å². The molecule has 0 spiro atoms. The molecule has 7 nitrogen and oxygen atoms in total. The first kappa shape index (κ1) is 25.9. The number of urea groups is 1. The number of benzene rings is 2. The lowest BCUT2D eigenvalue weighted by atomic mass is 9.96. The van der Waals surface area contributed by atoms with Crippen molar-refractivity contribution >= 4 is 17.8 Å². The number of methoxy groups -OCH3 is 2. The highest BCUT2D eigenvalue weighted by molar-refractivity contribution is 7.99. The molecule has 0 aliphatic heterocycles. The Bertz CT molecular complexity index is 1120. The van der Waals surface area contributed by atoms with E-state index >= 15 is 0 Å². The summed E-state index contributed by atoms with van der Waals surface area (Å²) in [6, 6.07) is 16.3. The van der Waals surface area contributed by atoms with Gasteiger partial charge in [-0.1, -0.05) is 31.0 Å². The van der Waals surface area contributed by atoms with Gasteiger partial charge in [0.2, 0.25) is 0 Å². The van der Waals surface area contributed by atoms with E-state index in [0.717, 1.165) is 64.3 Å². The molecule has 2 aromatic carbocycles. The predicted octanol–water partition coefficient (Wildman–Crippen LogP) is 5.98. The number of carbonyl (C=O) groups excluding carboxylic acids is 1. The van der Waals surface area contributed by atoms with Crippen molar-refractivity contribution in [1.82, 2.24) is 20.2 Å². The van der Waals surface area contributed by atoms with Crippen LogP contribution < -0.4 is 20.1 Å². The molecule has 1 fully saturated rings. The number of imidazole rings is 1. The van der Waals surface area contributed by atoms with Crippen LogP contribution in [0.15, 0.2) is 53.7 Å². The Kier molecular flexibility index (Phi) is 9.17. The third-order valence-corrected chi connectivity index (χ3v) is 7.51. The Hall–Kier alpha value is -3.13. The maximum Gasteiger partial charge on any atom is 0.315 e. The molecule has 4 rings (SSSR count). The van der Waals surface area contributed by atoms with E-state index in [0.29, 0.717) is 12.6 Å². The van der Waals surface area contributed by atoms with Crippen LogP contribution >= 0.6 is 11.8 Å². The number of rotatable bonds is 10. The molecule has 0 radical (unpaired) electrons. The van der Waals surface area contributed by atoms with Crippen LogP contribution in [0.2, 0.25) is 0 Å². The van der Waals surface area contributed by atoms with Gasteiger partial charge in [-0.2, -0.15) is 0 Å². The second-order valence-electron chi connectivity index (χ2n) is 8.88. The van der Waals surface area contributed by atoms with Crippen molar-refractivity contribution in [3.05, 3.63) is 48.5 Å². The molecule has 0 unspecified atom stereocenters. The van der Waals surface area contributed by atoms with Crippen LogP contribution in [0, 0.1) is 0 Å². The van der Waals surface area contributed by atoms with E-state index in [2.05, 4.69) is 34.3 Å². The molecule has 3 aromatic rings. The molecule has 1 aliphatic carbocycles. The predicted molar refractivity (Wildman–Crippen MR) is 146 cm³/mol. The summed E-state index contributed by atoms with van der Waals surface area (Å²) in [5.74, 6) is 2.37. The largest absolute Gasteiger partial charge is 0.497 e. The van der Waals surface area contributed by atoms with Gasteiger partial charge in [0.05, 0.1) is 25.6 Å². The van der Waals surface area contributed by atoms with E-state index in [9.17, 15) is 4.79 Å². The van der Waals surface area contributed by atoms with Gasteiger partial charge in [-0.15, -0.1) is 0 Å². The Morgan fingerprint density at radius 2 is 1.58 bits per heavy atom. The average Bonchev–Trinajstić information content (AvgIpc) is 3.30. The smallest absolute Gasteiger partial charge is 0.315 e. The van der Waals surface area contributed by atoms with Gasteiger partial charge >= 0.3 is 6.03 Å². The first-order chi connectivity index (χ1) is 17.6. The van der Waals surface area contributed by atoms with Crippen molar-refractivity contribution in [2.24, 2.45) is 0 Å². The molecule has 8 heteroatoms. The summed E-state index contributed by atoms with van der Waals surface area (Å²) in [4.78, 5) is 17.4. The number of thioether (sulfide) groups is 1. The van der Waals surface area contributed by atoms with Crippen molar-refractivity contribution in [1.29, 1.82) is 0 Å². The van der Waals surface area contributed by atoms with E-state index in [4.69, 9.17) is 14.5 Å². The minimum absolute atomic E-state index is 0.0702. The molecule has 2 N–H and O–H groups in total. The number of amides is 2. The lowest BCUT2D eigenvalue weighted by Crippen LogP contribution is -2.43. The molecule has 0 atom stereocenters. The molecule has 1 heterocycles. The Morgan fingerprint density at radius 3 is 2.17 bits per heavy atom. The summed E-state index contributed by atoms with van der Waals surface area (Å²) in [5, 5.41) is 7.06. The second-order valence-corrected chi connectivity index (χ2v) is 9.94. The molecule has 192 valence electrons. The van der Waals surface area contributed by atoms with Crippen molar-refractivity contribution in [3.8, 4) is 34.0 Å². The van der Waals surface area contributed by atoms with Crippen LogP contribution in [0.5, 0.6) is 11.5 Å². The number of ether oxygens (including phenoxy) is 2. The van der Waals surface area contributed by atoms with Gasteiger partial charge in [-0.3, -0.25) is 0 Å². The van der Waals surface area contributed by atoms with Crippen molar-refractivity contribution in [2.45, 2.75) is 56.8 Å². The first-order valence-electron chi connectivity index (χ1n) is 12.7. The number of hydrogen-bond donors (Lipinski definition) is 2. The number of nitrogens with one attached hydrogen (secondary N) is 2. The molecule has 0 bridgehead atoms. The summed E-state index contributed by atoms with van der Waals surface area (Å²) in [6.45, 7) is 3.49. The zero-order valence-electron chi connectivity index (χ0n) is 21.4. The lowest BCUT2D eigenvalue weighted by Gasteiger charge is -2.22. The summed E-state index contributed by atoms with van der Waals surface area (Å²) >= 11 is 1.66. The second kappa shape index (κ2) is 12.7. The zero-order chi connectivity index (χ0) is 25.3. The van der Waals surface area contributed by atoms with Crippen LogP contribution in [0.4, 0.5) is 4.79 Å². The monoisotopic (exact) mass is 508 g/mol. The highest BCUT2D eigenvalue weighted by atomic mass is 32.2. The van der Waals surface area contributed by atoms with Gasteiger partial charge in [0.1, 0.15) is 11.5 Å². The molecule has 1 aromatic heterocycles. The van der Waals surface area contributed by atoms with Gasteiger partial charge < -0.3 is 24.7 Å². The third kappa shape index (κ3) is 6.35. The Labute approximate surface area is 218 Å². The molecule has 0 saturated heterocycles. The summed E-state index contributed by atoms with van der Waals surface area (Å²) in [5.41, 5.74) is 4.10. The maximum atomic E-state index is 12.3. The number of hydrogen-bond acceptors (Lipinski definition) is 5. The number of aromatic nitrogens is 2. The van der Waals surface area contributed by atoms with Gasteiger partial charge in [-0.05, 0) is 68.3 Å². The van der Waals surface area contributed by atoms with E-state index in [1.807, 2.05) is 36.4 Å². The Morgan fingerprint density at radius 1 is 0.972 bits per heavy atom. The summed E-state index contributed by atoms with van der Waals surface area (Å²) < 4.78 is 12.9. The molecule has 36 heavy (non-hydrogen) atoms. The van der Waals surface area contributed by atoms with E-state index in [1.54, 1.807) is 26.0 Å². The molecular weight excluding hydrogens is 472 g/mol. The maximum absolute atomic E-state index is 12.3. The van der Waals surface area contributed by atoms with Gasteiger partial charge in [0.15, 0.2) is 5.16 Å². The Balaban J connectivity index is 1.51. The van der Waals surface area contributed by atoms with Crippen LogP contribution in [0.25, 0.3) is 22.5 Å². The van der Waals surface area contributed by atoms with Crippen molar-refractivity contribution < 1.29 is 14.3 Å². The average molecular weight is 509 g/mol. The lowest BCUT2D eigenvalue weighted by molar-refractivity contribution is 0.233. The topological polar surface area (TPSA) is 77.4 Å². The number of nitrogens with zero attached hydrogens (tertiary/aromatic N) is 2. The molecule has 1 saturated carbocycles. The molecule has 2 amide bonds. The minimum Gasteiger partial charge on any atom is -0.497 e. The number of carbonyl (C=O) groups is 1.